The molecule has 0 atom stereocenters. The number of hydrogen-bond donors (Lipinski definition) is 1. The average molecular weight is 142 g/mol. The third kappa shape index (κ3) is 4.91. The summed E-state index contributed by atoms with van der Waals surface area (Å²) in [6.45, 7) is 0.517. The summed E-state index contributed by atoms with van der Waals surface area (Å²) in [5.41, 5.74) is 0. The quantitative estimate of drug-likeness (QED) is 0.452. The van der Waals surface area contributed by atoms with Gasteiger partial charge in [0.1, 0.15) is 0 Å². The van der Waals surface area contributed by atoms with Crippen LogP contribution in [0.3, 0.4) is 0 Å². The van der Waals surface area contributed by atoms with Crippen molar-refractivity contribution in [2.45, 2.75) is 12.8 Å². The molecule has 0 aromatic rings. The molecule has 0 aromatic heterocycles. The number of hydrogen-bond acceptors (Lipinski definition) is 3. The zero-order valence-corrected chi connectivity index (χ0v) is 5.87. The summed E-state index contributed by atoms with van der Waals surface area (Å²) in [4.78, 5) is 11.4. The van der Waals surface area contributed by atoms with Crippen LogP contribution in [0.5, 0.6) is 0 Å². The molecule has 0 saturated heterocycles. The monoisotopic (exact) mass is 142 g/mol. The lowest BCUT2D eigenvalue weighted by molar-refractivity contribution is -0.137. The van der Waals surface area contributed by atoms with E-state index in [-0.39, 0.29) is 6.42 Å². The van der Waals surface area contributed by atoms with Crippen molar-refractivity contribution >= 4 is 5.97 Å². The molecule has 0 aliphatic heterocycles. The molecule has 0 rings (SSSR count). The van der Waals surface area contributed by atoms with E-state index in [1.165, 1.54) is 4.90 Å². The Morgan fingerprint density at radius 2 is 2.40 bits per heavy atom. The van der Waals surface area contributed by atoms with Crippen molar-refractivity contribution in [1.29, 1.82) is 5.26 Å². The predicted octanol–water partition coefficient (Wildman–Crippen LogP) is 0.264. The van der Waals surface area contributed by atoms with Gasteiger partial charge in [-0.3, -0.25) is 4.79 Å². The van der Waals surface area contributed by atoms with E-state index in [9.17, 15) is 4.79 Å². The van der Waals surface area contributed by atoms with Crippen molar-refractivity contribution in [1.82, 2.24) is 4.90 Å². The highest BCUT2D eigenvalue weighted by Gasteiger charge is 1.97. The molecule has 0 spiro atoms. The van der Waals surface area contributed by atoms with Crippen LogP contribution >= 0.6 is 0 Å². The maximum Gasteiger partial charge on any atom is 0.303 e. The van der Waals surface area contributed by atoms with Crippen molar-refractivity contribution in [2.24, 2.45) is 0 Å². The highest BCUT2D eigenvalue weighted by Crippen LogP contribution is 1.90. The van der Waals surface area contributed by atoms with Gasteiger partial charge in [-0.1, -0.05) is 0 Å². The first-order valence-electron chi connectivity index (χ1n) is 2.99. The van der Waals surface area contributed by atoms with Crippen molar-refractivity contribution in [3.8, 4) is 6.19 Å². The van der Waals surface area contributed by atoms with Crippen molar-refractivity contribution < 1.29 is 9.90 Å². The molecular formula is C6H10N2O2. The van der Waals surface area contributed by atoms with Crippen molar-refractivity contribution in [3.63, 3.8) is 0 Å². The van der Waals surface area contributed by atoms with E-state index in [1.54, 1.807) is 7.05 Å². The molecule has 0 unspecified atom stereocenters. The second-order valence-corrected chi connectivity index (χ2v) is 2.02. The van der Waals surface area contributed by atoms with Gasteiger partial charge in [0.05, 0.1) is 0 Å². The van der Waals surface area contributed by atoms with Crippen LogP contribution in [0.2, 0.25) is 0 Å². The van der Waals surface area contributed by atoms with Gasteiger partial charge in [0.25, 0.3) is 0 Å². The topological polar surface area (TPSA) is 64.3 Å². The molecular weight excluding hydrogens is 132 g/mol. The summed E-state index contributed by atoms with van der Waals surface area (Å²) in [6, 6.07) is 0. The Hall–Kier alpha value is -1.24. The molecule has 4 nitrogen and oxygen atoms in total. The minimum atomic E-state index is -0.814. The lowest BCUT2D eigenvalue weighted by atomic mass is 10.3. The van der Waals surface area contributed by atoms with Crippen LogP contribution in [0, 0.1) is 11.5 Å². The third-order valence-corrected chi connectivity index (χ3v) is 1.05. The Balaban J connectivity index is 3.22. The van der Waals surface area contributed by atoms with Gasteiger partial charge in [-0.25, -0.2) is 0 Å². The number of rotatable bonds is 4. The fraction of sp³-hybridized carbons (Fsp3) is 0.667. The summed E-state index contributed by atoms with van der Waals surface area (Å²) in [7, 11) is 1.63. The number of nitriles is 1. The van der Waals surface area contributed by atoms with Gasteiger partial charge in [-0.05, 0) is 6.42 Å². The maximum absolute atomic E-state index is 9.97. The lowest BCUT2D eigenvalue weighted by Crippen LogP contribution is -2.13. The average Bonchev–Trinajstić information content (AvgIpc) is 1.87. The van der Waals surface area contributed by atoms with E-state index in [0.29, 0.717) is 13.0 Å². The number of aliphatic carboxylic acids is 1. The highest BCUT2D eigenvalue weighted by molar-refractivity contribution is 5.66. The second kappa shape index (κ2) is 4.62. The molecule has 0 bridgehead atoms. The van der Waals surface area contributed by atoms with Crippen LogP contribution < -0.4 is 0 Å². The minimum absolute atomic E-state index is 0.131. The number of carboxylic acid groups (broad SMARTS) is 1. The second-order valence-electron chi connectivity index (χ2n) is 2.02. The molecule has 10 heavy (non-hydrogen) atoms. The third-order valence-electron chi connectivity index (χ3n) is 1.05. The van der Waals surface area contributed by atoms with E-state index in [2.05, 4.69) is 0 Å². The Labute approximate surface area is 59.7 Å². The molecule has 0 aliphatic carbocycles. The smallest absolute Gasteiger partial charge is 0.303 e. The van der Waals surface area contributed by atoms with Gasteiger partial charge < -0.3 is 10.0 Å². The van der Waals surface area contributed by atoms with E-state index in [0.717, 1.165) is 0 Å². The van der Waals surface area contributed by atoms with E-state index in [1.807, 2.05) is 6.19 Å². The van der Waals surface area contributed by atoms with Crippen LogP contribution in [-0.4, -0.2) is 29.6 Å². The molecule has 0 heterocycles. The maximum atomic E-state index is 9.97. The number of nitrogens with zero attached hydrogens (tertiary/aromatic N) is 2. The predicted molar refractivity (Wildman–Crippen MR) is 35.1 cm³/mol. The molecule has 0 saturated carbocycles. The molecule has 0 fully saturated rings. The standard InChI is InChI=1S/C6H10N2O2/c1-8(5-7)4-2-3-6(9)10/h2-4H2,1H3,(H,9,10). The molecule has 4 heteroatoms. The van der Waals surface area contributed by atoms with E-state index < -0.39 is 5.97 Å². The first-order valence-corrected chi connectivity index (χ1v) is 2.99. The van der Waals surface area contributed by atoms with Gasteiger partial charge in [-0.15, -0.1) is 0 Å². The molecule has 0 aliphatic rings. The van der Waals surface area contributed by atoms with Gasteiger partial charge in [0.2, 0.25) is 0 Å². The number of carboxylic acids is 1. The van der Waals surface area contributed by atoms with Crippen LogP contribution in [0.1, 0.15) is 12.8 Å². The van der Waals surface area contributed by atoms with Gasteiger partial charge in [0.15, 0.2) is 6.19 Å². The zero-order valence-electron chi connectivity index (χ0n) is 5.87. The summed E-state index contributed by atoms with van der Waals surface area (Å²) in [5.74, 6) is -0.814. The summed E-state index contributed by atoms with van der Waals surface area (Å²) in [5, 5.41) is 16.4. The molecule has 1 N–H and O–H groups in total. The number of carbonyl (C=O) groups is 1. The SMILES string of the molecule is CN(C#N)CCCC(=O)O. The Bertz CT molecular complexity index is 150. The molecule has 56 valence electrons. The Morgan fingerprint density at radius 3 is 2.80 bits per heavy atom. The van der Waals surface area contributed by atoms with Crippen LogP contribution in [-0.2, 0) is 4.79 Å². The summed E-state index contributed by atoms with van der Waals surface area (Å²) in [6.07, 6.45) is 2.54. The summed E-state index contributed by atoms with van der Waals surface area (Å²) < 4.78 is 0. The molecule has 0 amide bonds. The summed E-state index contributed by atoms with van der Waals surface area (Å²) >= 11 is 0. The largest absolute Gasteiger partial charge is 0.481 e. The Morgan fingerprint density at radius 1 is 1.80 bits per heavy atom. The Kier molecular flexibility index (Phi) is 4.05. The fourth-order valence-electron chi connectivity index (χ4n) is 0.517. The van der Waals surface area contributed by atoms with Gasteiger partial charge >= 0.3 is 5.97 Å². The first kappa shape index (κ1) is 8.76. The van der Waals surface area contributed by atoms with Crippen molar-refractivity contribution in [2.75, 3.05) is 13.6 Å². The highest BCUT2D eigenvalue weighted by atomic mass is 16.4. The zero-order chi connectivity index (χ0) is 7.98. The van der Waals surface area contributed by atoms with Crippen LogP contribution in [0.15, 0.2) is 0 Å². The van der Waals surface area contributed by atoms with Gasteiger partial charge in [-0.2, -0.15) is 5.26 Å². The fourth-order valence-corrected chi connectivity index (χ4v) is 0.517. The van der Waals surface area contributed by atoms with E-state index >= 15 is 0 Å². The van der Waals surface area contributed by atoms with Crippen molar-refractivity contribution in [3.05, 3.63) is 0 Å². The van der Waals surface area contributed by atoms with E-state index in [4.69, 9.17) is 10.4 Å². The van der Waals surface area contributed by atoms with Crippen LogP contribution in [0.25, 0.3) is 0 Å². The lowest BCUT2D eigenvalue weighted by Gasteiger charge is -2.05. The first-order chi connectivity index (χ1) is 4.66. The normalized spacial score (nSPS) is 8.40. The van der Waals surface area contributed by atoms with Gasteiger partial charge in [0, 0.05) is 20.0 Å². The van der Waals surface area contributed by atoms with Crippen LogP contribution in [0.4, 0.5) is 0 Å². The molecule has 0 aromatic carbocycles. The molecule has 0 radical (unpaired) electrons. The minimum Gasteiger partial charge on any atom is -0.481 e.